The fraction of sp³-hybridized carbons (Fsp3) is 0.462. The third kappa shape index (κ3) is 2.78. The van der Waals surface area contributed by atoms with E-state index in [4.69, 9.17) is 4.74 Å². The number of hydrogen-bond acceptors (Lipinski definition) is 2. The minimum atomic E-state index is 0.0190. The highest BCUT2D eigenvalue weighted by atomic mass is 79.9. The van der Waals surface area contributed by atoms with Crippen LogP contribution in [0.4, 0.5) is 0 Å². The second-order valence-electron chi connectivity index (χ2n) is 4.47. The van der Waals surface area contributed by atoms with E-state index in [2.05, 4.69) is 31.9 Å². The van der Waals surface area contributed by atoms with Crippen LogP contribution in [0, 0.1) is 0 Å². The summed E-state index contributed by atoms with van der Waals surface area (Å²) in [5.74, 6) is 0.0190. The molecule has 0 radical (unpaired) electrons. The average molecular weight is 377 g/mol. The van der Waals surface area contributed by atoms with Gasteiger partial charge in [-0.25, -0.2) is 0 Å². The Kier molecular flexibility index (Phi) is 4.45. The summed E-state index contributed by atoms with van der Waals surface area (Å²) in [6, 6.07) is 5.77. The van der Waals surface area contributed by atoms with Gasteiger partial charge in [-0.05, 0) is 47.5 Å². The summed E-state index contributed by atoms with van der Waals surface area (Å²) >= 11 is 6.82. The van der Waals surface area contributed by atoms with Crippen molar-refractivity contribution in [2.24, 2.45) is 0 Å². The SMILES string of the molecule is CC1OCCC1N(C)C(=O)c1cc(Br)ccc1Br. The molecule has 5 heteroatoms. The van der Waals surface area contributed by atoms with Gasteiger partial charge in [-0.3, -0.25) is 4.79 Å². The van der Waals surface area contributed by atoms with E-state index in [0.29, 0.717) is 5.56 Å². The third-order valence-corrected chi connectivity index (χ3v) is 4.50. The molecule has 1 fully saturated rings. The Hall–Kier alpha value is -0.390. The molecule has 2 atom stereocenters. The highest BCUT2D eigenvalue weighted by Crippen LogP contribution is 2.25. The lowest BCUT2D eigenvalue weighted by molar-refractivity contribution is 0.0574. The number of carbonyl (C=O) groups is 1. The number of likely N-dealkylation sites (N-methyl/N-ethyl adjacent to an activating group) is 1. The largest absolute Gasteiger partial charge is 0.376 e. The Morgan fingerprint density at radius 3 is 2.78 bits per heavy atom. The molecule has 2 unspecified atom stereocenters. The zero-order valence-electron chi connectivity index (χ0n) is 10.3. The Morgan fingerprint density at radius 2 is 2.17 bits per heavy atom. The molecule has 2 rings (SSSR count). The normalized spacial score (nSPS) is 23.1. The van der Waals surface area contributed by atoms with Crippen molar-refractivity contribution in [3.63, 3.8) is 0 Å². The summed E-state index contributed by atoms with van der Waals surface area (Å²) in [5, 5.41) is 0. The third-order valence-electron chi connectivity index (χ3n) is 3.31. The van der Waals surface area contributed by atoms with Crippen LogP contribution in [0.5, 0.6) is 0 Å². The van der Waals surface area contributed by atoms with Crippen molar-refractivity contribution < 1.29 is 9.53 Å². The molecule has 0 saturated carbocycles. The predicted molar refractivity (Wildman–Crippen MR) is 77.8 cm³/mol. The molecule has 1 heterocycles. The highest BCUT2D eigenvalue weighted by Gasteiger charge is 2.31. The molecular formula is C13H15Br2NO2. The van der Waals surface area contributed by atoms with Crippen LogP contribution in [0.15, 0.2) is 27.1 Å². The maximum atomic E-state index is 12.5. The van der Waals surface area contributed by atoms with Gasteiger partial charge in [0.25, 0.3) is 5.91 Å². The number of benzene rings is 1. The summed E-state index contributed by atoms with van der Waals surface area (Å²) in [4.78, 5) is 14.3. The van der Waals surface area contributed by atoms with Crippen LogP contribution in [-0.4, -0.2) is 36.6 Å². The summed E-state index contributed by atoms with van der Waals surface area (Å²) in [6.45, 7) is 2.74. The van der Waals surface area contributed by atoms with Gasteiger partial charge < -0.3 is 9.64 Å². The van der Waals surface area contributed by atoms with Crippen LogP contribution in [0.1, 0.15) is 23.7 Å². The van der Waals surface area contributed by atoms with Gasteiger partial charge >= 0.3 is 0 Å². The molecule has 1 aromatic rings. The van der Waals surface area contributed by atoms with E-state index in [-0.39, 0.29) is 18.1 Å². The smallest absolute Gasteiger partial charge is 0.255 e. The van der Waals surface area contributed by atoms with Gasteiger partial charge in [0.05, 0.1) is 17.7 Å². The van der Waals surface area contributed by atoms with E-state index in [1.807, 2.05) is 32.2 Å². The molecule has 0 aliphatic carbocycles. The fourth-order valence-corrected chi connectivity index (χ4v) is 3.01. The van der Waals surface area contributed by atoms with Crippen molar-refractivity contribution in [3.8, 4) is 0 Å². The molecule has 1 saturated heterocycles. The van der Waals surface area contributed by atoms with E-state index >= 15 is 0 Å². The van der Waals surface area contributed by atoms with Gasteiger partial charge in [0.15, 0.2) is 0 Å². The number of nitrogens with zero attached hydrogens (tertiary/aromatic N) is 1. The molecule has 1 aliphatic heterocycles. The highest BCUT2D eigenvalue weighted by molar-refractivity contribution is 9.11. The summed E-state index contributed by atoms with van der Waals surface area (Å²) in [7, 11) is 1.84. The van der Waals surface area contributed by atoms with Crippen molar-refractivity contribution in [2.45, 2.75) is 25.5 Å². The number of carbonyl (C=O) groups excluding carboxylic acids is 1. The van der Waals surface area contributed by atoms with Crippen LogP contribution in [0.2, 0.25) is 0 Å². The lowest BCUT2D eigenvalue weighted by Crippen LogP contribution is -2.41. The van der Waals surface area contributed by atoms with E-state index < -0.39 is 0 Å². The second kappa shape index (κ2) is 5.72. The molecule has 0 bridgehead atoms. The van der Waals surface area contributed by atoms with Crippen molar-refractivity contribution in [2.75, 3.05) is 13.7 Å². The maximum absolute atomic E-state index is 12.5. The minimum Gasteiger partial charge on any atom is -0.376 e. The first-order chi connectivity index (χ1) is 8.50. The van der Waals surface area contributed by atoms with Crippen molar-refractivity contribution >= 4 is 37.8 Å². The second-order valence-corrected chi connectivity index (χ2v) is 6.24. The molecule has 98 valence electrons. The van der Waals surface area contributed by atoms with Crippen molar-refractivity contribution in [1.29, 1.82) is 0 Å². The van der Waals surface area contributed by atoms with Crippen molar-refractivity contribution in [3.05, 3.63) is 32.7 Å². The van der Waals surface area contributed by atoms with Crippen LogP contribution in [0.25, 0.3) is 0 Å². The summed E-state index contributed by atoms with van der Waals surface area (Å²) in [6.07, 6.45) is 1.000. The number of hydrogen-bond donors (Lipinski definition) is 0. The molecule has 1 aromatic carbocycles. The molecule has 0 N–H and O–H groups in total. The van der Waals surface area contributed by atoms with Gasteiger partial charge in [-0.2, -0.15) is 0 Å². The molecule has 0 aromatic heterocycles. The van der Waals surface area contributed by atoms with Gasteiger partial charge in [-0.1, -0.05) is 15.9 Å². The molecule has 0 spiro atoms. The Balaban J connectivity index is 2.22. The standard InChI is InChI=1S/C13H15Br2NO2/c1-8-12(5-6-18-8)16(2)13(17)10-7-9(14)3-4-11(10)15/h3-4,7-8,12H,5-6H2,1-2H3. The number of amides is 1. The first-order valence-corrected chi connectivity index (χ1v) is 7.43. The van der Waals surface area contributed by atoms with Crippen molar-refractivity contribution in [1.82, 2.24) is 4.90 Å². The lowest BCUT2D eigenvalue weighted by Gasteiger charge is -2.27. The van der Waals surface area contributed by atoms with E-state index in [1.165, 1.54) is 0 Å². The van der Waals surface area contributed by atoms with Crippen LogP contribution >= 0.6 is 31.9 Å². The molecule has 1 aliphatic rings. The predicted octanol–water partition coefficient (Wildman–Crippen LogP) is 3.46. The summed E-state index contributed by atoms with van der Waals surface area (Å²) < 4.78 is 7.23. The maximum Gasteiger partial charge on any atom is 0.255 e. The van der Waals surface area contributed by atoms with Gasteiger partial charge in [0, 0.05) is 22.6 Å². The van der Waals surface area contributed by atoms with Gasteiger partial charge in [0.1, 0.15) is 0 Å². The Bertz CT molecular complexity index is 464. The fourth-order valence-electron chi connectivity index (χ4n) is 2.23. The van der Waals surface area contributed by atoms with Crippen LogP contribution in [0.3, 0.4) is 0 Å². The first kappa shape index (κ1) is 14.0. The zero-order valence-corrected chi connectivity index (χ0v) is 13.5. The number of halogens is 2. The van der Waals surface area contributed by atoms with Crippen LogP contribution in [-0.2, 0) is 4.74 Å². The zero-order chi connectivity index (χ0) is 13.3. The van der Waals surface area contributed by atoms with Gasteiger partial charge in [-0.15, -0.1) is 0 Å². The Labute approximate surface area is 124 Å². The lowest BCUT2D eigenvalue weighted by atomic mass is 10.1. The molecule has 3 nitrogen and oxygen atoms in total. The summed E-state index contributed by atoms with van der Waals surface area (Å²) in [5.41, 5.74) is 0.672. The molecule has 18 heavy (non-hydrogen) atoms. The van der Waals surface area contributed by atoms with E-state index in [1.54, 1.807) is 4.90 Å². The first-order valence-electron chi connectivity index (χ1n) is 5.84. The number of rotatable bonds is 2. The quantitative estimate of drug-likeness (QED) is 0.790. The Morgan fingerprint density at radius 1 is 1.44 bits per heavy atom. The monoisotopic (exact) mass is 375 g/mol. The molecule has 1 amide bonds. The van der Waals surface area contributed by atoms with Crippen LogP contribution < -0.4 is 0 Å². The number of ether oxygens (including phenoxy) is 1. The minimum absolute atomic E-state index is 0.0190. The van der Waals surface area contributed by atoms with E-state index in [9.17, 15) is 4.79 Å². The van der Waals surface area contributed by atoms with Gasteiger partial charge in [0.2, 0.25) is 0 Å². The molecular weight excluding hydrogens is 362 g/mol. The topological polar surface area (TPSA) is 29.5 Å². The average Bonchev–Trinajstić information content (AvgIpc) is 2.77. The van der Waals surface area contributed by atoms with E-state index in [0.717, 1.165) is 22.0 Å².